The number of hydrogen-bond donors (Lipinski definition) is 3. The van der Waals surface area contributed by atoms with Crippen LogP contribution < -0.4 is 11.1 Å². The van der Waals surface area contributed by atoms with E-state index in [1.54, 1.807) is 4.90 Å². The fourth-order valence-electron chi connectivity index (χ4n) is 5.72. The maximum absolute atomic E-state index is 13.5. The number of carboxylic acids is 1. The molecule has 0 aromatic heterocycles. The van der Waals surface area contributed by atoms with Gasteiger partial charge in [0.25, 0.3) is 0 Å². The minimum absolute atomic E-state index is 0.0424. The van der Waals surface area contributed by atoms with E-state index in [1.165, 1.54) is 4.90 Å². The molecule has 0 spiro atoms. The largest absolute Gasteiger partial charge is 0.480 e. The third-order valence-electron chi connectivity index (χ3n) is 7.58. The summed E-state index contributed by atoms with van der Waals surface area (Å²) >= 11 is 0. The summed E-state index contributed by atoms with van der Waals surface area (Å²) in [6.07, 6.45) is 3.47. The topological polar surface area (TPSA) is 133 Å². The summed E-state index contributed by atoms with van der Waals surface area (Å²) in [4.78, 5) is 54.4. The van der Waals surface area contributed by atoms with E-state index in [0.29, 0.717) is 51.6 Å². The van der Waals surface area contributed by atoms with Gasteiger partial charge in [-0.25, -0.2) is 4.79 Å². The lowest BCUT2D eigenvalue weighted by Gasteiger charge is -2.31. The number of nitrogens with two attached hydrogens (primary N) is 1. The fourth-order valence-corrected chi connectivity index (χ4v) is 5.72. The zero-order valence-corrected chi connectivity index (χ0v) is 22.2. The molecule has 2 heterocycles. The molecule has 39 heavy (non-hydrogen) atoms. The number of likely N-dealkylation sites (tertiary alicyclic amines) is 2. The van der Waals surface area contributed by atoms with Gasteiger partial charge in [-0.15, -0.1) is 0 Å². The molecule has 2 aliphatic heterocycles. The Balaban J connectivity index is 1.40. The van der Waals surface area contributed by atoms with E-state index < -0.39 is 24.1 Å². The second kappa shape index (κ2) is 13.4. The number of nitrogens with one attached hydrogen (secondary N) is 1. The second-order valence-corrected chi connectivity index (χ2v) is 10.6. The lowest BCUT2D eigenvalue weighted by Crippen LogP contribution is -2.52. The standard InChI is InChI=1S/C30H38N4O5/c31-23(17-21-9-3-1-4-10-21)19-27(35)32-24(18-22-11-5-2-6-12-22)20-28(36)33-15-7-13-25(33)29(37)34-16-8-14-26(34)30(38)39/h1-6,9-12,23-26H,7-8,13-20,31H2,(H,32,35)(H,38,39)/t23?,24?,25-,26-/m0/s1. The molecule has 2 aliphatic rings. The predicted octanol–water partition coefficient (Wildman–Crippen LogP) is 2.13. The van der Waals surface area contributed by atoms with Gasteiger partial charge in [-0.1, -0.05) is 60.7 Å². The van der Waals surface area contributed by atoms with Crippen molar-refractivity contribution in [2.75, 3.05) is 13.1 Å². The van der Waals surface area contributed by atoms with E-state index in [0.717, 1.165) is 11.1 Å². The second-order valence-electron chi connectivity index (χ2n) is 10.6. The molecule has 2 aromatic rings. The van der Waals surface area contributed by atoms with Crippen molar-refractivity contribution in [3.05, 3.63) is 71.8 Å². The molecule has 3 amide bonds. The molecule has 208 valence electrons. The normalized spacial score (nSPS) is 20.4. The van der Waals surface area contributed by atoms with Gasteiger partial charge in [0.05, 0.1) is 0 Å². The molecular weight excluding hydrogens is 496 g/mol. The molecule has 2 saturated heterocycles. The highest BCUT2D eigenvalue weighted by molar-refractivity contribution is 5.91. The number of carbonyl (C=O) groups is 4. The maximum Gasteiger partial charge on any atom is 0.326 e. The smallest absolute Gasteiger partial charge is 0.326 e. The summed E-state index contributed by atoms with van der Waals surface area (Å²) < 4.78 is 0. The van der Waals surface area contributed by atoms with Gasteiger partial charge in [0.15, 0.2) is 0 Å². The minimum Gasteiger partial charge on any atom is -0.480 e. The van der Waals surface area contributed by atoms with Crippen molar-refractivity contribution in [1.29, 1.82) is 0 Å². The van der Waals surface area contributed by atoms with Crippen LogP contribution in [0.15, 0.2) is 60.7 Å². The van der Waals surface area contributed by atoms with Crippen LogP contribution in [-0.2, 0) is 32.0 Å². The van der Waals surface area contributed by atoms with Crippen molar-refractivity contribution in [3.8, 4) is 0 Å². The summed E-state index contributed by atoms with van der Waals surface area (Å²) in [6.45, 7) is 0.832. The molecule has 9 heteroatoms. The minimum atomic E-state index is -1.01. The van der Waals surface area contributed by atoms with E-state index >= 15 is 0 Å². The van der Waals surface area contributed by atoms with Crippen molar-refractivity contribution in [1.82, 2.24) is 15.1 Å². The van der Waals surface area contributed by atoms with Gasteiger partial charge in [0, 0.05) is 38.0 Å². The van der Waals surface area contributed by atoms with Gasteiger partial charge in [-0.2, -0.15) is 0 Å². The molecule has 0 bridgehead atoms. The van der Waals surface area contributed by atoms with Crippen molar-refractivity contribution < 1.29 is 24.3 Å². The molecule has 2 aromatic carbocycles. The first-order valence-corrected chi connectivity index (χ1v) is 13.8. The number of hydrogen-bond acceptors (Lipinski definition) is 5. The zero-order valence-electron chi connectivity index (χ0n) is 22.2. The monoisotopic (exact) mass is 534 g/mol. The summed E-state index contributed by atoms with van der Waals surface area (Å²) in [6, 6.07) is 17.1. The molecule has 0 saturated carbocycles. The van der Waals surface area contributed by atoms with Gasteiger partial charge in [-0.05, 0) is 49.7 Å². The Bertz CT molecular complexity index is 1140. The molecule has 2 fully saturated rings. The Kier molecular flexibility index (Phi) is 9.70. The Labute approximate surface area is 229 Å². The van der Waals surface area contributed by atoms with E-state index in [2.05, 4.69) is 5.32 Å². The highest BCUT2D eigenvalue weighted by Crippen LogP contribution is 2.26. The predicted molar refractivity (Wildman–Crippen MR) is 147 cm³/mol. The van der Waals surface area contributed by atoms with Crippen molar-refractivity contribution in [2.45, 2.75) is 75.5 Å². The van der Waals surface area contributed by atoms with Crippen LogP contribution in [0.3, 0.4) is 0 Å². The molecule has 2 unspecified atom stereocenters. The van der Waals surface area contributed by atoms with E-state index in [4.69, 9.17) is 5.73 Å². The zero-order chi connectivity index (χ0) is 27.8. The first kappa shape index (κ1) is 28.3. The lowest BCUT2D eigenvalue weighted by atomic mass is 10.0. The van der Waals surface area contributed by atoms with E-state index in [1.807, 2.05) is 60.7 Å². The summed E-state index contributed by atoms with van der Waals surface area (Å²) in [7, 11) is 0. The third-order valence-corrected chi connectivity index (χ3v) is 7.58. The number of aliphatic carboxylic acids is 1. The van der Waals surface area contributed by atoms with Crippen LogP contribution in [0.5, 0.6) is 0 Å². The van der Waals surface area contributed by atoms with Gasteiger partial charge >= 0.3 is 5.97 Å². The van der Waals surface area contributed by atoms with Gasteiger partial charge in [-0.3, -0.25) is 14.4 Å². The first-order chi connectivity index (χ1) is 18.8. The number of carboxylic acid groups (broad SMARTS) is 1. The van der Waals surface area contributed by atoms with Crippen molar-refractivity contribution in [3.63, 3.8) is 0 Å². The Morgan fingerprint density at radius 2 is 1.38 bits per heavy atom. The van der Waals surface area contributed by atoms with Gasteiger partial charge in [0.1, 0.15) is 12.1 Å². The molecular formula is C30H38N4O5. The van der Waals surface area contributed by atoms with Crippen LogP contribution in [0.2, 0.25) is 0 Å². The highest BCUT2D eigenvalue weighted by atomic mass is 16.4. The first-order valence-electron chi connectivity index (χ1n) is 13.8. The number of amides is 3. The lowest BCUT2D eigenvalue weighted by molar-refractivity contribution is -0.151. The summed E-state index contributed by atoms with van der Waals surface area (Å²) in [5.74, 6) is -1.73. The quantitative estimate of drug-likeness (QED) is 0.405. The van der Waals surface area contributed by atoms with Crippen molar-refractivity contribution in [2.24, 2.45) is 5.73 Å². The number of carbonyl (C=O) groups excluding carboxylic acids is 3. The summed E-state index contributed by atoms with van der Waals surface area (Å²) in [5, 5.41) is 12.5. The van der Waals surface area contributed by atoms with Crippen LogP contribution >= 0.6 is 0 Å². The average Bonchev–Trinajstić information content (AvgIpc) is 3.60. The maximum atomic E-state index is 13.5. The van der Waals surface area contributed by atoms with E-state index in [9.17, 15) is 24.3 Å². The van der Waals surface area contributed by atoms with Crippen LogP contribution in [0, 0.1) is 0 Å². The number of benzene rings is 2. The average molecular weight is 535 g/mol. The van der Waals surface area contributed by atoms with Gasteiger partial charge in [0.2, 0.25) is 17.7 Å². The van der Waals surface area contributed by atoms with Crippen LogP contribution in [-0.4, -0.2) is 75.9 Å². The highest BCUT2D eigenvalue weighted by Gasteiger charge is 2.42. The molecule has 4 rings (SSSR count). The fraction of sp³-hybridized carbons (Fsp3) is 0.467. The Morgan fingerprint density at radius 1 is 0.821 bits per heavy atom. The van der Waals surface area contributed by atoms with Gasteiger partial charge < -0.3 is 26.0 Å². The molecule has 0 aliphatic carbocycles. The Hall–Kier alpha value is -3.72. The third kappa shape index (κ3) is 7.66. The summed E-state index contributed by atoms with van der Waals surface area (Å²) in [5.41, 5.74) is 8.30. The molecule has 4 atom stereocenters. The SMILES string of the molecule is NC(CC(=O)NC(CC(=O)N1CCC[C@H]1C(=O)N1CCC[C@H]1C(=O)O)Cc1ccccc1)Cc1ccccc1. The molecule has 9 nitrogen and oxygen atoms in total. The Morgan fingerprint density at radius 3 is 2.00 bits per heavy atom. The van der Waals surface area contributed by atoms with E-state index in [-0.39, 0.29) is 36.6 Å². The van der Waals surface area contributed by atoms with Crippen LogP contribution in [0.1, 0.15) is 49.7 Å². The number of rotatable bonds is 11. The van der Waals surface area contributed by atoms with Crippen molar-refractivity contribution >= 4 is 23.7 Å². The van der Waals surface area contributed by atoms with Crippen LogP contribution in [0.25, 0.3) is 0 Å². The van der Waals surface area contributed by atoms with Crippen LogP contribution in [0.4, 0.5) is 0 Å². The number of nitrogens with zero attached hydrogens (tertiary/aromatic N) is 2. The molecule has 0 radical (unpaired) electrons. The molecule has 4 N–H and O–H groups in total.